The van der Waals surface area contributed by atoms with Gasteiger partial charge >= 0.3 is 0 Å². The molecule has 0 radical (unpaired) electrons. The Balaban J connectivity index is 2.47. The zero-order chi connectivity index (χ0) is 16.3. The first kappa shape index (κ1) is 16.6. The fourth-order valence-corrected chi connectivity index (χ4v) is 3.86. The average molecular weight is 344 g/mol. The first-order valence-corrected chi connectivity index (χ1v) is 8.33. The van der Waals surface area contributed by atoms with Crippen molar-refractivity contribution in [1.82, 2.24) is 0 Å². The van der Waals surface area contributed by atoms with E-state index in [2.05, 4.69) is 0 Å². The second kappa shape index (κ2) is 6.54. The molecule has 0 saturated carbocycles. The predicted molar refractivity (Wildman–Crippen MR) is 84.6 cm³/mol. The number of nitrogens with zero attached hydrogens (tertiary/aromatic N) is 1. The van der Waals surface area contributed by atoms with Crippen molar-refractivity contribution in [3.05, 3.63) is 53.3 Å². The third-order valence-electron chi connectivity index (χ3n) is 3.11. The van der Waals surface area contributed by atoms with E-state index < -0.39 is 15.8 Å². The van der Waals surface area contributed by atoms with E-state index in [1.807, 2.05) is 0 Å². The van der Waals surface area contributed by atoms with Crippen LogP contribution in [0.1, 0.15) is 6.92 Å². The van der Waals surface area contributed by atoms with Gasteiger partial charge in [-0.1, -0.05) is 11.6 Å². The maximum atomic E-state index is 13.0. The molecule has 0 saturated heterocycles. The van der Waals surface area contributed by atoms with E-state index in [9.17, 15) is 12.8 Å². The number of methoxy groups -OCH3 is 1. The molecule has 0 fully saturated rings. The number of anilines is 1. The normalized spacial score (nSPS) is 11.3. The lowest BCUT2D eigenvalue weighted by Gasteiger charge is -2.23. The first-order valence-electron chi connectivity index (χ1n) is 6.52. The quantitative estimate of drug-likeness (QED) is 0.831. The Labute approximate surface area is 134 Å². The topological polar surface area (TPSA) is 46.6 Å². The molecule has 118 valence electrons. The van der Waals surface area contributed by atoms with Gasteiger partial charge in [-0.2, -0.15) is 0 Å². The van der Waals surface area contributed by atoms with Crippen LogP contribution >= 0.6 is 11.6 Å². The molecule has 0 aliphatic heterocycles. The summed E-state index contributed by atoms with van der Waals surface area (Å²) in [5.74, 6) is -0.0323. The molecule has 22 heavy (non-hydrogen) atoms. The van der Waals surface area contributed by atoms with Crippen molar-refractivity contribution in [2.45, 2.75) is 11.8 Å². The summed E-state index contributed by atoms with van der Waals surface area (Å²) in [5, 5.41) is 0.207. The van der Waals surface area contributed by atoms with Crippen LogP contribution in [-0.2, 0) is 10.0 Å². The van der Waals surface area contributed by atoms with Crippen LogP contribution in [-0.4, -0.2) is 22.1 Å². The highest BCUT2D eigenvalue weighted by Gasteiger charge is 2.24. The van der Waals surface area contributed by atoms with Crippen molar-refractivity contribution in [1.29, 1.82) is 0 Å². The van der Waals surface area contributed by atoms with Gasteiger partial charge in [-0.3, -0.25) is 4.31 Å². The monoisotopic (exact) mass is 343 g/mol. The van der Waals surface area contributed by atoms with Crippen LogP contribution in [0.15, 0.2) is 47.4 Å². The third kappa shape index (κ3) is 3.18. The van der Waals surface area contributed by atoms with E-state index in [4.69, 9.17) is 16.3 Å². The lowest BCUT2D eigenvalue weighted by molar-refractivity contribution is 0.414. The van der Waals surface area contributed by atoms with E-state index in [1.165, 1.54) is 53.9 Å². The minimum absolute atomic E-state index is 0.0458. The van der Waals surface area contributed by atoms with Crippen molar-refractivity contribution in [3.63, 3.8) is 0 Å². The third-order valence-corrected chi connectivity index (χ3v) is 5.31. The summed E-state index contributed by atoms with van der Waals surface area (Å²) < 4.78 is 44.7. The largest absolute Gasteiger partial charge is 0.495 e. The lowest BCUT2D eigenvalue weighted by atomic mass is 10.3. The molecule has 7 heteroatoms. The molecule has 4 nitrogen and oxygen atoms in total. The van der Waals surface area contributed by atoms with E-state index in [1.54, 1.807) is 6.92 Å². The van der Waals surface area contributed by atoms with Gasteiger partial charge in [-0.15, -0.1) is 0 Å². The number of ether oxygens (including phenoxy) is 1. The summed E-state index contributed by atoms with van der Waals surface area (Å²) in [4.78, 5) is 0.0458. The van der Waals surface area contributed by atoms with E-state index >= 15 is 0 Å². The second-order valence-corrected chi connectivity index (χ2v) is 6.71. The standard InChI is InChI=1S/C15H15ClFNO3S/c1-3-18(12-6-4-11(17)5-7-12)22(19,20)13-8-9-15(21-2)14(16)10-13/h4-10H,3H2,1-2H3. The Kier molecular flexibility index (Phi) is 4.93. The summed E-state index contributed by atoms with van der Waals surface area (Å²) in [5.41, 5.74) is 0.385. The van der Waals surface area contributed by atoms with Gasteiger partial charge < -0.3 is 4.74 Å². The summed E-state index contributed by atoms with van der Waals surface area (Å²) in [6, 6.07) is 9.52. The molecule has 0 spiro atoms. The van der Waals surface area contributed by atoms with Gasteiger partial charge in [0.25, 0.3) is 10.0 Å². The summed E-state index contributed by atoms with van der Waals surface area (Å²) in [7, 11) is -2.34. The van der Waals surface area contributed by atoms with Gasteiger partial charge in [0.2, 0.25) is 0 Å². The Morgan fingerprint density at radius 1 is 1.18 bits per heavy atom. The van der Waals surface area contributed by atoms with E-state index in [0.717, 1.165) is 0 Å². The van der Waals surface area contributed by atoms with Crippen LogP contribution in [0.2, 0.25) is 5.02 Å². The smallest absolute Gasteiger partial charge is 0.264 e. The summed E-state index contributed by atoms with van der Waals surface area (Å²) in [6.07, 6.45) is 0. The molecule has 0 aliphatic rings. The van der Waals surface area contributed by atoms with Crippen molar-refractivity contribution < 1.29 is 17.5 Å². The predicted octanol–water partition coefficient (Wildman–Crippen LogP) is 3.70. The molecule has 0 atom stereocenters. The number of rotatable bonds is 5. The highest BCUT2D eigenvalue weighted by molar-refractivity contribution is 7.92. The molecule has 2 aromatic rings. The minimum Gasteiger partial charge on any atom is -0.495 e. The van der Waals surface area contributed by atoms with Crippen LogP contribution < -0.4 is 9.04 Å². The zero-order valence-corrected chi connectivity index (χ0v) is 13.7. The van der Waals surface area contributed by atoms with Crippen molar-refractivity contribution in [2.75, 3.05) is 18.0 Å². The molecule has 0 aliphatic carbocycles. The van der Waals surface area contributed by atoms with Crippen molar-refractivity contribution >= 4 is 27.3 Å². The molecule has 0 heterocycles. The highest BCUT2D eigenvalue weighted by atomic mass is 35.5. The first-order chi connectivity index (χ1) is 10.4. The van der Waals surface area contributed by atoms with Crippen molar-refractivity contribution in [3.8, 4) is 5.75 Å². The Morgan fingerprint density at radius 2 is 1.82 bits per heavy atom. The molecule has 0 unspecified atom stereocenters. The lowest BCUT2D eigenvalue weighted by Crippen LogP contribution is -2.30. The molecule has 0 amide bonds. The Hall–Kier alpha value is -1.79. The van der Waals surface area contributed by atoms with Crippen LogP contribution in [0, 0.1) is 5.82 Å². The highest BCUT2D eigenvalue weighted by Crippen LogP contribution is 2.30. The molecule has 0 N–H and O–H groups in total. The maximum absolute atomic E-state index is 13.0. The van der Waals surface area contributed by atoms with Gasteiger partial charge in [0, 0.05) is 6.54 Å². The van der Waals surface area contributed by atoms with Gasteiger partial charge in [-0.25, -0.2) is 12.8 Å². The zero-order valence-electron chi connectivity index (χ0n) is 12.1. The minimum atomic E-state index is -3.79. The van der Waals surface area contributed by atoms with Gasteiger partial charge in [0.15, 0.2) is 0 Å². The van der Waals surface area contributed by atoms with E-state index in [0.29, 0.717) is 11.4 Å². The number of halogens is 2. The Morgan fingerprint density at radius 3 is 2.32 bits per heavy atom. The number of hydrogen-bond donors (Lipinski definition) is 0. The van der Waals surface area contributed by atoms with Gasteiger partial charge in [0.1, 0.15) is 11.6 Å². The summed E-state index contributed by atoms with van der Waals surface area (Å²) >= 11 is 5.99. The summed E-state index contributed by atoms with van der Waals surface area (Å²) in [6.45, 7) is 1.91. The molecular weight excluding hydrogens is 329 g/mol. The average Bonchev–Trinajstić information content (AvgIpc) is 2.49. The van der Waals surface area contributed by atoms with Crippen molar-refractivity contribution in [2.24, 2.45) is 0 Å². The maximum Gasteiger partial charge on any atom is 0.264 e. The van der Waals surface area contributed by atoms with Crippen LogP contribution in [0.4, 0.5) is 10.1 Å². The van der Waals surface area contributed by atoms with Gasteiger partial charge in [0.05, 0.1) is 22.7 Å². The van der Waals surface area contributed by atoms with Crippen LogP contribution in [0.25, 0.3) is 0 Å². The number of sulfonamides is 1. The molecule has 0 bridgehead atoms. The fraction of sp³-hybridized carbons (Fsp3) is 0.200. The van der Waals surface area contributed by atoms with Gasteiger partial charge in [-0.05, 0) is 49.4 Å². The van der Waals surface area contributed by atoms with Crippen LogP contribution in [0.5, 0.6) is 5.75 Å². The Bertz CT molecular complexity index is 763. The SMILES string of the molecule is CCN(c1ccc(F)cc1)S(=O)(=O)c1ccc(OC)c(Cl)c1. The number of benzene rings is 2. The molecular formula is C15H15ClFNO3S. The molecule has 2 rings (SSSR count). The van der Waals surface area contributed by atoms with E-state index in [-0.39, 0.29) is 16.5 Å². The number of hydrogen-bond acceptors (Lipinski definition) is 3. The van der Waals surface area contributed by atoms with Crippen LogP contribution in [0.3, 0.4) is 0 Å². The molecule has 2 aromatic carbocycles. The fourth-order valence-electron chi connectivity index (χ4n) is 2.03. The molecule has 0 aromatic heterocycles. The second-order valence-electron chi connectivity index (χ2n) is 4.44.